The number of hydrogen-bond donors (Lipinski definition) is 1. The predicted octanol–water partition coefficient (Wildman–Crippen LogP) is 4.67. The normalized spacial score (nSPS) is 14.5. The summed E-state index contributed by atoms with van der Waals surface area (Å²) in [5.41, 5.74) is 2.42. The van der Waals surface area contributed by atoms with Crippen LogP contribution in [-0.2, 0) is 11.3 Å². The molecule has 1 N–H and O–H groups in total. The molecule has 1 fully saturated rings. The molecule has 0 aliphatic heterocycles. The molecular formula is C24H23N3O3S. The van der Waals surface area contributed by atoms with Gasteiger partial charge in [0.1, 0.15) is 11.1 Å². The molecule has 0 bridgehead atoms. The lowest BCUT2D eigenvalue weighted by Gasteiger charge is -2.17. The lowest BCUT2D eigenvalue weighted by molar-refractivity contribution is -0.118. The van der Waals surface area contributed by atoms with Gasteiger partial charge in [0.05, 0.1) is 5.75 Å². The number of hydrogen-bond acceptors (Lipinski definition) is 5. The number of furan rings is 1. The van der Waals surface area contributed by atoms with E-state index in [0.29, 0.717) is 28.4 Å². The van der Waals surface area contributed by atoms with Crippen LogP contribution in [0.3, 0.4) is 0 Å². The number of amides is 1. The Morgan fingerprint density at radius 3 is 2.65 bits per heavy atom. The van der Waals surface area contributed by atoms with Crippen molar-refractivity contribution in [2.24, 2.45) is 0 Å². The standard InChI is InChI=1S/C24H23N3O3S/c28-20(25-14-16-8-2-1-3-9-16)15-31-24-26-21-18-12-6-7-13-19(18)30-22(21)23(29)27(24)17-10-4-5-11-17/h1-3,6-9,12-13,17H,4-5,10-11,14-15H2,(H,25,28). The SMILES string of the molecule is O=C(CSc1nc2c(oc3ccccc32)c(=O)n1C1CCCC1)NCc1ccccc1. The molecule has 2 aromatic carbocycles. The zero-order chi connectivity index (χ0) is 21.2. The van der Waals surface area contributed by atoms with Gasteiger partial charge in [-0.15, -0.1) is 0 Å². The number of para-hydroxylation sites is 1. The van der Waals surface area contributed by atoms with E-state index in [0.717, 1.165) is 36.6 Å². The summed E-state index contributed by atoms with van der Waals surface area (Å²) in [4.78, 5) is 30.7. The number of carbonyl (C=O) groups excluding carboxylic acids is 1. The summed E-state index contributed by atoms with van der Waals surface area (Å²) in [7, 11) is 0. The highest BCUT2D eigenvalue weighted by Crippen LogP contribution is 2.34. The molecule has 4 aromatic rings. The second-order valence-electron chi connectivity index (χ2n) is 7.83. The van der Waals surface area contributed by atoms with Gasteiger partial charge in [-0.1, -0.05) is 67.1 Å². The molecular weight excluding hydrogens is 410 g/mol. The summed E-state index contributed by atoms with van der Waals surface area (Å²) in [6.45, 7) is 0.481. The van der Waals surface area contributed by atoms with Gasteiger partial charge < -0.3 is 9.73 Å². The van der Waals surface area contributed by atoms with Crippen LogP contribution in [0.2, 0.25) is 0 Å². The fraction of sp³-hybridized carbons (Fsp3) is 0.292. The largest absolute Gasteiger partial charge is 0.448 e. The average molecular weight is 434 g/mol. The van der Waals surface area contributed by atoms with Gasteiger partial charge in [-0.05, 0) is 30.5 Å². The van der Waals surface area contributed by atoms with Gasteiger partial charge in [0.15, 0.2) is 5.16 Å². The van der Waals surface area contributed by atoms with E-state index < -0.39 is 0 Å². The molecule has 158 valence electrons. The van der Waals surface area contributed by atoms with Crippen molar-refractivity contribution in [2.75, 3.05) is 5.75 Å². The van der Waals surface area contributed by atoms with Crippen LogP contribution in [0.25, 0.3) is 22.1 Å². The minimum Gasteiger partial charge on any atom is -0.448 e. The van der Waals surface area contributed by atoms with Crippen LogP contribution < -0.4 is 10.9 Å². The monoisotopic (exact) mass is 433 g/mol. The molecule has 6 nitrogen and oxygen atoms in total. The molecule has 1 saturated carbocycles. The number of rotatable bonds is 6. The van der Waals surface area contributed by atoms with Crippen LogP contribution in [0.5, 0.6) is 0 Å². The Hall–Kier alpha value is -3.06. The van der Waals surface area contributed by atoms with E-state index in [1.165, 1.54) is 11.8 Å². The zero-order valence-electron chi connectivity index (χ0n) is 17.0. The van der Waals surface area contributed by atoms with Crippen LogP contribution >= 0.6 is 11.8 Å². The van der Waals surface area contributed by atoms with Gasteiger partial charge in [-0.25, -0.2) is 4.98 Å². The molecule has 1 amide bonds. The number of thioether (sulfide) groups is 1. The Bertz CT molecular complexity index is 1290. The Morgan fingerprint density at radius 2 is 1.84 bits per heavy atom. The topological polar surface area (TPSA) is 77.1 Å². The van der Waals surface area contributed by atoms with Crippen molar-refractivity contribution in [3.05, 3.63) is 70.5 Å². The van der Waals surface area contributed by atoms with Crippen LogP contribution in [0, 0.1) is 0 Å². The van der Waals surface area contributed by atoms with E-state index in [1.807, 2.05) is 54.6 Å². The molecule has 0 spiro atoms. The maximum absolute atomic E-state index is 13.4. The molecule has 1 aliphatic rings. The van der Waals surface area contributed by atoms with Crippen molar-refractivity contribution < 1.29 is 9.21 Å². The maximum Gasteiger partial charge on any atom is 0.298 e. The third-order valence-corrected chi connectivity index (χ3v) is 6.70. The number of aromatic nitrogens is 2. The first-order chi connectivity index (χ1) is 15.2. The average Bonchev–Trinajstić information content (AvgIpc) is 3.45. The second-order valence-corrected chi connectivity index (χ2v) is 8.78. The van der Waals surface area contributed by atoms with Crippen LogP contribution in [0.4, 0.5) is 0 Å². The van der Waals surface area contributed by atoms with E-state index in [4.69, 9.17) is 9.40 Å². The van der Waals surface area contributed by atoms with Gasteiger partial charge >= 0.3 is 0 Å². The number of carbonyl (C=O) groups is 1. The van der Waals surface area contributed by atoms with Gasteiger partial charge in [0, 0.05) is 18.0 Å². The van der Waals surface area contributed by atoms with Crippen molar-refractivity contribution in [2.45, 2.75) is 43.4 Å². The smallest absolute Gasteiger partial charge is 0.298 e. The molecule has 0 saturated heterocycles. The van der Waals surface area contributed by atoms with Crippen LogP contribution in [0.1, 0.15) is 37.3 Å². The summed E-state index contributed by atoms with van der Waals surface area (Å²) in [6.07, 6.45) is 4.08. The van der Waals surface area contributed by atoms with Crippen molar-refractivity contribution in [1.82, 2.24) is 14.9 Å². The number of nitrogens with zero attached hydrogens (tertiary/aromatic N) is 2. The summed E-state index contributed by atoms with van der Waals surface area (Å²) in [6, 6.07) is 17.5. The highest BCUT2D eigenvalue weighted by molar-refractivity contribution is 7.99. The molecule has 0 radical (unpaired) electrons. The third kappa shape index (κ3) is 3.97. The minimum absolute atomic E-state index is 0.0850. The first-order valence-corrected chi connectivity index (χ1v) is 11.6. The van der Waals surface area contributed by atoms with Gasteiger partial charge in [0.2, 0.25) is 11.5 Å². The fourth-order valence-corrected chi connectivity index (χ4v) is 5.09. The minimum atomic E-state index is -0.153. The molecule has 2 aromatic heterocycles. The number of fused-ring (bicyclic) bond motifs is 3. The molecule has 2 heterocycles. The van der Waals surface area contributed by atoms with Gasteiger partial charge in [-0.3, -0.25) is 14.2 Å². The quantitative estimate of drug-likeness (QED) is 0.353. The highest BCUT2D eigenvalue weighted by Gasteiger charge is 2.25. The number of nitrogens with one attached hydrogen (secondary N) is 1. The lowest BCUT2D eigenvalue weighted by atomic mass is 10.2. The summed E-state index contributed by atoms with van der Waals surface area (Å²) >= 11 is 1.32. The summed E-state index contributed by atoms with van der Waals surface area (Å²) in [5, 5.41) is 4.35. The van der Waals surface area contributed by atoms with E-state index in [-0.39, 0.29) is 23.3 Å². The Balaban J connectivity index is 1.44. The fourth-order valence-electron chi connectivity index (χ4n) is 4.20. The molecule has 31 heavy (non-hydrogen) atoms. The van der Waals surface area contributed by atoms with E-state index in [2.05, 4.69) is 5.32 Å². The van der Waals surface area contributed by atoms with Gasteiger partial charge in [0.25, 0.3) is 5.56 Å². The summed E-state index contributed by atoms with van der Waals surface area (Å²) in [5.74, 6) is 0.117. The van der Waals surface area contributed by atoms with E-state index >= 15 is 0 Å². The zero-order valence-corrected chi connectivity index (χ0v) is 17.9. The Morgan fingerprint density at radius 1 is 1.10 bits per heavy atom. The second kappa shape index (κ2) is 8.59. The van der Waals surface area contributed by atoms with Crippen molar-refractivity contribution in [1.29, 1.82) is 0 Å². The van der Waals surface area contributed by atoms with Gasteiger partial charge in [-0.2, -0.15) is 0 Å². The highest BCUT2D eigenvalue weighted by atomic mass is 32.2. The third-order valence-electron chi connectivity index (χ3n) is 5.75. The Kier molecular flexibility index (Phi) is 5.51. The van der Waals surface area contributed by atoms with Crippen molar-refractivity contribution >= 4 is 39.7 Å². The Labute approximate surface area is 183 Å². The predicted molar refractivity (Wildman–Crippen MR) is 122 cm³/mol. The molecule has 7 heteroatoms. The maximum atomic E-state index is 13.4. The first-order valence-electron chi connectivity index (χ1n) is 10.6. The van der Waals surface area contributed by atoms with E-state index in [1.54, 1.807) is 4.57 Å². The van der Waals surface area contributed by atoms with Crippen molar-refractivity contribution in [3.8, 4) is 0 Å². The lowest BCUT2D eigenvalue weighted by Crippen LogP contribution is -2.28. The number of benzene rings is 2. The molecule has 5 rings (SSSR count). The van der Waals surface area contributed by atoms with Crippen LogP contribution in [0.15, 0.2) is 69.0 Å². The molecule has 1 aliphatic carbocycles. The summed E-state index contributed by atoms with van der Waals surface area (Å²) < 4.78 is 7.62. The van der Waals surface area contributed by atoms with Crippen LogP contribution in [-0.4, -0.2) is 21.2 Å². The first kappa shape index (κ1) is 19.9. The molecule has 0 unspecified atom stereocenters. The van der Waals surface area contributed by atoms with Crippen molar-refractivity contribution in [3.63, 3.8) is 0 Å². The van der Waals surface area contributed by atoms with E-state index in [9.17, 15) is 9.59 Å². The molecule has 0 atom stereocenters.